The first kappa shape index (κ1) is 11.1. The fourth-order valence-corrected chi connectivity index (χ4v) is 1.67. The van der Waals surface area contributed by atoms with Crippen molar-refractivity contribution in [1.82, 2.24) is 0 Å². The molecule has 0 aliphatic carbocycles. The third kappa shape index (κ3) is 3.04. The summed E-state index contributed by atoms with van der Waals surface area (Å²) in [7, 11) is 0. The van der Waals surface area contributed by atoms with Gasteiger partial charge in [0.2, 0.25) is 0 Å². The van der Waals surface area contributed by atoms with Gasteiger partial charge in [0.05, 0.1) is 6.67 Å². The summed E-state index contributed by atoms with van der Waals surface area (Å²) in [5, 5.41) is 0. The number of hydrogen-bond donors (Lipinski definition) is 1. The lowest BCUT2D eigenvalue weighted by atomic mass is 10.1. The highest BCUT2D eigenvalue weighted by Gasteiger charge is 2.06. The molecule has 0 bridgehead atoms. The lowest BCUT2D eigenvalue weighted by Gasteiger charge is -2.10. The topological polar surface area (TPSA) is 26.0 Å². The van der Waals surface area contributed by atoms with Crippen LogP contribution in [0.3, 0.4) is 0 Å². The molecule has 0 aliphatic rings. The lowest BCUT2D eigenvalue weighted by Crippen LogP contribution is -2.10. The minimum absolute atomic E-state index is 0.214. The Hall–Kier alpha value is 0.0700. The third-order valence-electron chi connectivity index (χ3n) is 1.79. The molecule has 72 valence electrons. The minimum Gasteiger partial charge on any atom is -0.324 e. The van der Waals surface area contributed by atoms with Crippen molar-refractivity contribution in [1.29, 1.82) is 0 Å². The van der Waals surface area contributed by atoms with E-state index in [4.69, 9.17) is 5.73 Å². The Morgan fingerprint density at radius 2 is 2.00 bits per heavy atom. The second-order valence-corrected chi connectivity index (χ2v) is 4.47. The van der Waals surface area contributed by atoms with Crippen molar-refractivity contribution in [3.63, 3.8) is 0 Å². The second kappa shape index (κ2) is 5.08. The van der Waals surface area contributed by atoms with E-state index < -0.39 is 0 Å². The van der Waals surface area contributed by atoms with Crippen molar-refractivity contribution >= 4 is 31.9 Å². The van der Waals surface area contributed by atoms with Crippen molar-refractivity contribution < 1.29 is 4.39 Å². The van der Waals surface area contributed by atoms with Gasteiger partial charge < -0.3 is 5.73 Å². The molecule has 0 aromatic heterocycles. The standard InChI is InChI=1S/C9H10Br2FN/c10-7-2-1-6(5-8(7)11)9(13)3-4-12/h1-2,5,9H,3-4,13H2/t9-/m0/s1. The monoisotopic (exact) mass is 309 g/mol. The SMILES string of the molecule is N[C@@H](CCF)c1ccc(Br)c(Br)c1. The molecule has 0 spiro atoms. The van der Waals surface area contributed by atoms with Crippen molar-refractivity contribution in [3.05, 3.63) is 32.7 Å². The molecular weight excluding hydrogens is 301 g/mol. The van der Waals surface area contributed by atoms with Crippen LogP contribution in [0.5, 0.6) is 0 Å². The van der Waals surface area contributed by atoms with Gasteiger partial charge in [-0.3, -0.25) is 4.39 Å². The summed E-state index contributed by atoms with van der Waals surface area (Å²) < 4.78 is 13.9. The van der Waals surface area contributed by atoms with Crippen LogP contribution in [-0.4, -0.2) is 6.67 Å². The molecule has 2 N–H and O–H groups in total. The molecular formula is C9H10Br2FN. The zero-order chi connectivity index (χ0) is 9.84. The predicted octanol–water partition coefficient (Wildman–Crippen LogP) is 3.57. The van der Waals surface area contributed by atoms with Crippen molar-refractivity contribution in [2.75, 3.05) is 6.67 Å². The zero-order valence-corrected chi connectivity index (χ0v) is 10.1. The molecule has 1 aromatic rings. The molecule has 1 rings (SSSR count). The van der Waals surface area contributed by atoms with Gasteiger partial charge in [-0.1, -0.05) is 6.07 Å². The van der Waals surface area contributed by atoms with Crippen LogP contribution in [0.4, 0.5) is 4.39 Å². The van der Waals surface area contributed by atoms with E-state index in [0.717, 1.165) is 14.5 Å². The summed E-state index contributed by atoms with van der Waals surface area (Å²) in [6.45, 7) is -0.380. The highest BCUT2D eigenvalue weighted by Crippen LogP contribution is 2.26. The summed E-state index contributed by atoms with van der Waals surface area (Å²) in [6.07, 6.45) is 0.369. The van der Waals surface area contributed by atoms with Gasteiger partial charge in [-0.05, 0) is 56.0 Å². The number of rotatable bonds is 3. The average molecular weight is 311 g/mol. The van der Waals surface area contributed by atoms with Gasteiger partial charge in [-0.25, -0.2) is 0 Å². The molecule has 0 radical (unpaired) electrons. The van der Waals surface area contributed by atoms with E-state index in [-0.39, 0.29) is 12.7 Å². The number of nitrogens with two attached hydrogens (primary N) is 1. The maximum Gasteiger partial charge on any atom is 0.0912 e. The number of benzene rings is 1. The van der Waals surface area contributed by atoms with Gasteiger partial charge in [0.25, 0.3) is 0 Å². The van der Waals surface area contributed by atoms with Crippen LogP contribution in [0, 0.1) is 0 Å². The van der Waals surface area contributed by atoms with Crippen molar-refractivity contribution in [2.45, 2.75) is 12.5 Å². The van der Waals surface area contributed by atoms with Gasteiger partial charge in [0.15, 0.2) is 0 Å². The van der Waals surface area contributed by atoms with E-state index in [1.807, 2.05) is 18.2 Å². The first-order chi connectivity index (χ1) is 6.15. The van der Waals surface area contributed by atoms with Gasteiger partial charge in [0, 0.05) is 15.0 Å². The first-order valence-corrected chi connectivity index (χ1v) is 5.50. The van der Waals surface area contributed by atoms with E-state index in [1.165, 1.54) is 0 Å². The fraction of sp³-hybridized carbons (Fsp3) is 0.333. The zero-order valence-electron chi connectivity index (χ0n) is 6.93. The number of hydrogen-bond acceptors (Lipinski definition) is 1. The number of halogens is 3. The molecule has 0 saturated heterocycles. The van der Waals surface area contributed by atoms with E-state index in [9.17, 15) is 4.39 Å². The Bertz CT molecular complexity index is 291. The van der Waals surface area contributed by atoms with E-state index in [1.54, 1.807) is 0 Å². The summed E-state index contributed by atoms with van der Waals surface area (Å²) >= 11 is 6.72. The molecule has 13 heavy (non-hydrogen) atoms. The average Bonchev–Trinajstić information content (AvgIpc) is 2.10. The van der Waals surface area contributed by atoms with Gasteiger partial charge >= 0.3 is 0 Å². The van der Waals surface area contributed by atoms with Gasteiger partial charge in [-0.2, -0.15) is 0 Å². The summed E-state index contributed by atoms with van der Waals surface area (Å²) in [5.74, 6) is 0. The van der Waals surface area contributed by atoms with Gasteiger partial charge in [0.1, 0.15) is 0 Å². The first-order valence-electron chi connectivity index (χ1n) is 3.91. The Kier molecular flexibility index (Phi) is 4.35. The third-order valence-corrected chi connectivity index (χ3v) is 3.67. The summed E-state index contributed by atoms with van der Waals surface area (Å²) in [5.41, 5.74) is 6.70. The molecule has 0 heterocycles. The molecule has 0 unspecified atom stereocenters. The van der Waals surface area contributed by atoms with Crippen molar-refractivity contribution in [2.24, 2.45) is 5.73 Å². The maximum atomic E-state index is 12.0. The fourth-order valence-electron chi connectivity index (χ4n) is 1.03. The predicted molar refractivity (Wildman–Crippen MR) is 59.4 cm³/mol. The Balaban J connectivity index is 2.84. The molecule has 0 aliphatic heterocycles. The van der Waals surface area contributed by atoms with E-state index in [0.29, 0.717) is 6.42 Å². The van der Waals surface area contributed by atoms with Crippen LogP contribution in [0.15, 0.2) is 27.1 Å². The Morgan fingerprint density at radius 3 is 2.54 bits per heavy atom. The largest absolute Gasteiger partial charge is 0.324 e. The van der Waals surface area contributed by atoms with E-state index in [2.05, 4.69) is 31.9 Å². The normalized spacial score (nSPS) is 12.9. The Morgan fingerprint density at radius 1 is 1.31 bits per heavy atom. The smallest absolute Gasteiger partial charge is 0.0912 e. The highest BCUT2D eigenvalue weighted by atomic mass is 79.9. The van der Waals surface area contributed by atoms with Crippen LogP contribution in [-0.2, 0) is 0 Å². The van der Waals surface area contributed by atoms with Crippen molar-refractivity contribution in [3.8, 4) is 0 Å². The molecule has 1 atom stereocenters. The van der Waals surface area contributed by atoms with Crippen LogP contribution in [0.1, 0.15) is 18.0 Å². The minimum atomic E-state index is -0.380. The molecule has 1 nitrogen and oxygen atoms in total. The maximum absolute atomic E-state index is 12.0. The molecule has 0 saturated carbocycles. The molecule has 0 fully saturated rings. The number of alkyl halides is 1. The highest BCUT2D eigenvalue weighted by molar-refractivity contribution is 9.13. The molecule has 0 amide bonds. The quantitative estimate of drug-likeness (QED) is 0.907. The van der Waals surface area contributed by atoms with Crippen LogP contribution in [0.25, 0.3) is 0 Å². The van der Waals surface area contributed by atoms with E-state index >= 15 is 0 Å². The van der Waals surface area contributed by atoms with Crippen LogP contribution >= 0.6 is 31.9 Å². The summed E-state index contributed by atoms with van der Waals surface area (Å²) in [4.78, 5) is 0. The molecule has 1 aromatic carbocycles. The molecule has 4 heteroatoms. The second-order valence-electron chi connectivity index (χ2n) is 2.76. The van der Waals surface area contributed by atoms with Gasteiger partial charge in [-0.15, -0.1) is 0 Å². The summed E-state index contributed by atoms with van der Waals surface area (Å²) in [6, 6.07) is 5.49. The lowest BCUT2D eigenvalue weighted by molar-refractivity contribution is 0.442. The van der Waals surface area contributed by atoms with Crippen LogP contribution < -0.4 is 5.73 Å². The Labute approximate surface area is 93.8 Å². The van der Waals surface area contributed by atoms with Crippen LogP contribution in [0.2, 0.25) is 0 Å².